The minimum atomic E-state index is -1.14. The van der Waals surface area contributed by atoms with Crippen LogP contribution in [0.25, 0.3) is 0 Å². The van der Waals surface area contributed by atoms with Crippen molar-refractivity contribution < 1.29 is 14.6 Å². The Kier molecular flexibility index (Phi) is 4.37. The predicted molar refractivity (Wildman–Crippen MR) is 66.7 cm³/mol. The van der Waals surface area contributed by atoms with E-state index in [-0.39, 0.29) is 10.9 Å². The lowest BCUT2D eigenvalue weighted by Gasteiger charge is -2.16. The molecular weight excluding hydrogens is 242 g/mol. The SMILES string of the molecule is COc1cc(C(C)C)cc(C(N)C(=O)O)c1Cl. The summed E-state index contributed by atoms with van der Waals surface area (Å²) >= 11 is 6.06. The molecule has 0 aliphatic heterocycles. The molecule has 1 aromatic rings. The summed E-state index contributed by atoms with van der Waals surface area (Å²) in [5.41, 5.74) is 6.91. The second-order valence-electron chi connectivity index (χ2n) is 4.10. The molecule has 94 valence electrons. The molecule has 0 spiro atoms. The maximum atomic E-state index is 10.9. The summed E-state index contributed by atoms with van der Waals surface area (Å²) in [6, 6.07) is 2.37. The molecule has 0 aliphatic carbocycles. The van der Waals surface area contributed by atoms with Gasteiger partial charge < -0.3 is 15.6 Å². The van der Waals surface area contributed by atoms with Crippen molar-refractivity contribution in [3.8, 4) is 5.75 Å². The lowest BCUT2D eigenvalue weighted by molar-refractivity contribution is -0.138. The summed E-state index contributed by atoms with van der Waals surface area (Å²) in [6.07, 6.45) is 0. The summed E-state index contributed by atoms with van der Waals surface area (Å²) in [4.78, 5) is 10.9. The van der Waals surface area contributed by atoms with Gasteiger partial charge in [-0.05, 0) is 17.5 Å². The molecule has 1 atom stereocenters. The number of hydrogen-bond acceptors (Lipinski definition) is 3. The van der Waals surface area contributed by atoms with E-state index in [9.17, 15) is 4.79 Å². The fourth-order valence-electron chi connectivity index (χ4n) is 1.48. The maximum absolute atomic E-state index is 10.9. The molecule has 0 amide bonds. The van der Waals surface area contributed by atoms with Gasteiger partial charge in [0.05, 0.1) is 12.1 Å². The highest BCUT2D eigenvalue weighted by Gasteiger charge is 2.21. The van der Waals surface area contributed by atoms with Crippen LogP contribution in [0.4, 0.5) is 0 Å². The number of carboxylic acid groups (broad SMARTS) is 1. The van der Waals surface area contributed by atoms with E-state index < -0.39 is 12.0 Å². The van der Waals surface area contributed by atoms with Crippen molar-refractivity contribution in [3.63, 3.8) is 0 Å². The monoisotopic (exact) mass is 257 g/mol. The largest absolute Gasteiger partial charge is 0.495 e. The first-order valence-electron chi connectivity index (χ1n) is 5.24. The number of ether oxygens (including phenoxy) is 1. The van der Waals surface area contributed by atoms with Crippen LogP contribution in [0, 0.1) is 0 Å². The maximum Gasteiger partial charge on any atom is 0.325 e. The van der Waals surface area contributed by atoms with E-state index in [1.165, 1.54) is 7.11 Å². The van der Waals surface area contributed by atoms with Crippen LogP contribution in [-0.2, 0) is 4.79 Å². The van der Waals surface area contributed by atoms with Crippen LogP contribution in [0.3, 0.4) is 0 Å². The summed E-state index contributed by atoms with van der Waals surface area (Å²) in [7, 11) is 1.49. The zero-order chi connectivity index (χ0) is 13.2. The number of carboxylic acids is 1. The van der Waals surface area contributed by atoms with Gasteiger partial charge in [0.2, 0.25) is 0 Å². The van der Waals surface area contributed by atoms with Crippen molar-refractivity contribution in [2.75, 3.05) is 7.11 Å². The fourth-order valence-corrected chi connectivity index (χ4v) is 1.79. The third kappa shape index (κ3) is 2.90. The second-order valence-corrected chi connectivity index (χ2v) is 4.47. The molecule has 5 heteroatoms. The third-order valence-electron chi connectivity index (χ3n) is 2.58. The first-order chi connectivity index (χ1) is 7.88. The number of aliphatic carboxylic acids is 1. The Morgan fingerprint density at radius 2 is 2.06 bits per heavy atom. The lowest BCUT2D eigenvalue weighted by Crippen LogP contribution is -2.21. The molecule has 1 rings (SSSR count). The van der Waals surface area contributed by atoms with Gasteiger partial charge in [-0.15, -0.1) is 0 Å². The Labute approximate surface area is 105 Å². The molecule has 0 bridgehead atoms. The smallest absolute Gasteiger partial charge is 0.325 e. The van der Waals surface area contributed by atoms with E-state index in [1.54, 1.807) is 12.1 Å². The number of methoxy groups -OCH3 is 1. The van der Waals surface area contributed by atoms with Gasteiger partial charge in [0, 0.05) is 5.56 Å². The quantitative estimate of drug-likeness (QED) is 0.870. The highest BCUT2D eigenvalue weighted by Crippen LogP contribution is 2.35. The Hall–Kier alpha value is -1.26. The number of carbonyl (C=O) groups is 1. The van der Waals surface area contributed by atoms with Crippen LogP contribution in [0.1, 0.15) is 36.9 Å². The summed E-state index contributed by atoms with van der Waals surface area (Å²) in [5.74, 6) is -0.430. The van der Waals surface area contributed by atoms with Gasteiger partial charge in [0.1, 0.15) is 11.8 Å². The molecular formula is C12H16ClNO3. The second kappa shape index (κ2) is 5.38. The molecule has 0 aliphatic rings. The number of rotatable bonds is 4. The van der Waals surface area contributed by atoms with Crippen molar-refractivity contribution in [2.45, 2.75) is 25.8 Å². The standard InChI is InChI=1S/C12H16ClNO3/c1-6(2)7-4-8(11(14)12(15)16)10(13)9(5-7)17-3/h4-6,11H,14H2,1-3H3,(H,15,16). The minimum Gasteiger partial charge on any atom is -0.495 e. The zero-order valence-corrected chi connectivity index (χ0v) is 10.8. The van der Waals surface area contributed by atoms with Crippen LogP contribution < -0.4 is 10.5 Å². The molecule has 0 aromatic heterocycles. The molecule has 0 heterocycles. The molecule has 4 nitrogen and oxygen atoms in total. The van der Waals surface area contributed by atoms with E-state index in [2.05, 4.69) is 0 Å². The third-order valence-corrected chi connectivity index (χ3v) is 2.98. The van der Waals surface area contributed by atoms with Crippen LogP contribution in [0.2, 0.25) is 5.02 Å². The molecule has 0 saturated carbocycles. The van der Waals surface area contributed by atoms with Crippen molar-refractivity contribution in [2.24, 2.45) is 5.73 Å². The highest BCUT2D eigenvalue weighted by molar-refractivity contribution is 6.33. The number of halogens is 1. The van der Waals surface area contributed by atoms with Crippen LogP contribution >= 0.6 is 11.6 Å². The molecule has 0 fully saturated rings. The molecule has 1 aromatic carbocycles. The average Bonchev–Trinajstić information content (AvgIpc) is 2.27. The summed E-state index contributed by atoms with van der Waals surface area (Å²) in [6.45, 7) is 4.00. The summed E-state index contributed by atoms with van der Waals surface area (Å²) in [5, 5.41) is 9.18. The van der Waals surface area contributed by atoms with Crippen LogP contribution in [-0.4, -0.2) is 18.2 Å². The van der Waals surface area contributed by atoms with E-state index in [1.807, 2.05) is 13.8 Å². The molecule has 0 radical (unpaired) electrons. The van der Waals surface area contributed by atoms with E-state index >= 15 is 0 Å². The van der Waals surface area contributed by atoms with Gasteiger partial charge in [0.15, 0.2) is 0 Å². The number of benzene rings is 1. The van der Waals surface area contributed by atoms with Gasteiger partial charge in [-0.1, -0.05) is 31.5 Å². The first-order valence-corrected chi connectivity index (χ1v) is 5.62. The first kappa shape index (κ1) is 13.8. The van der Waals surface area contributed by atoms with Gasteiger partial charge in [-0.3, -0.25) is 4.79 Å². The van der Waals surface area contributed by atoms with E-state index in [4.69, 9.17) is 27.2 Å². The van der Waals surface area contributed by atoms with E-state index in [0.29, 0.717) is 11.3 Å². The Morgan fingerprint density at radius 1 is 1.47 bits per heavy atom. The Morgan fingerprint density at radius 3 is 2.47 bits per heavy atom. The predicted octanol–water partition coefficient (Wildman–Crippen LogP) is 2.56. The minimum absolute atomic E-state index is 0.237. The van der Waals surface area contributed by atoms with Crippen molar-refractivity contribution in [1.29, 1.82) is 0 Å². The van der Waals surface area contributed by atoms with Gasteiger partial charge in [-0.25, -0.2) is 0 Å². The summed E-state index contributed by atoms with van der Waals surface area (Å²) < 4.78 is 5.13. The average molecular weight is 258 g/mol. The Bertz CT molecular complexity index is 432. The van der Waals surface area contributed by atoms with Crippen LogP contribution in [0.5, 0.6) is 5.75 Å². The number of nitrogens with two attached hydrogens (primary N) is 1. The van der Waals surface area contributed by atoms with Crippen molar-refractivity contribution in [3.05, 3.63) is 28.3 Å². The Balaban J connectivity index is 3.37. The molecule has 3 N–H and O–H groups in total. The van der Waals surface area contributed by atoms with Crippen molar-refractivity contribution in [1.82, 2.24) is 0 Å². The molecule has 17 heavy (non-hydrogen) atoms. The van der Waals surface area contributed by atoms with Crippen LogP contribution in [0.15, 0.2) is 12.1 Å². The lowest BCUT2D eigenvalue weighted by atomic mass is 9.97. The fraction of sp³-hybridized carbons (Fsp3) is 0.417. The van der Waals surface area contributed by atoms with E-state index in [0.717, 1.165) is 5.56 Å². The van der Waals surface area contributed by atoms with Gasteiger partial charge in [0.25, 0.3) is 0 Å². The highest BCUT2D eigenvalue weighted by atomic mass is 35.5. The normalized spacial score (nSPS) is 12.6. The van der Waals surface area contributed by atoms with Gasteiger partial charge >= 0.3 is 5.97 Å². The molecule has 1 unspecified atom stereocenters. The molecule has 0 saturated heterocycles. The number of hydrogen-bond donors (Lipinski definition) is 2. The zero-order valence-electron chi connectivity index (χ0n) is 10.0. The topological polar surface area (TPSA) is 72.5 Å². The van der Waals surface area contributed by atoms with Gasteiger partial charge in [-0.2, -0.15) is 0 Å². The van der Waals surface area contributed by atoms with Crippen molar-refractivity contribution >= 4 is 17.6 Å².